The van der Waals surface area contributed by atoms with Crippen LogP contribution in [0.4, 0.5) is 0 Å². The molecule has 0 aliphatic carbocycles. The number of nitrogens with zero attached hydrogens (tertiary/aromatic N) is 2. The van der Waals surface area contributed by atoms with Crippen molar-refractivity contribution in [3.63, 3.8) is 0 Å². The van der Waals surface area contributed by atoms with Crippen LogP contribution >= 0.6 is 0 Å². The number of furan rings is 1. The largest absolute Gasteiger partial charge is 0.497 e. The van der Waals surface area contributed by atoms with Crippen LogP contribution in [0.25, 0.3) is 22.4 Å². The van der Waals surface area contributed by atoms with E-state index in [1.54, 1.807) is 19.4 Å². The minimum atomic E-state index is -0.827. The number of aliphatic hydroxyl groups excluding tert-OH is 2. The molecular weight excluding hydrogens is 339 g/mol. The average molecular weight is 357 g/mol. The number of benzene rings is 1. The zero-order chi connectivity index (χ0) is 18.3. The summed E-state index contributed by atoms with van der Waals surface area (Å²) >= 11 is 0. The fraction of sp³-hybridized carbons (Fsp3) is 0.333. The molecule has 1 aromatic carbocycles. The Bertz CT molecular complexity index is 978. The molecule has 2 N–H and O–H groups in total. The van der Waals surface area contributed by atoms with Crippen LogP contribution in [0.15, 0.2) is 45.7 Å². The molecule has 0 saturated carbocycles. The van der Waals surface area contributed by atoms with Crippen LogP contribution in [0.3, 0.4) is 0 Å². The first-order valence-electron chi connectivity index (χ1n) is 8.20. The van der Waals surface area contributed by atoms with Crippen LogP contribution in [0, 0.1) is 0 Å². The first-order chi connectivity index (χ1) is 12.6. The number of hydrogen-bond acceptors (Lipinski definition) is 7. The van der Waals surface area contributed by atoms with Gasteiger partial charge in [0.1, 0.15) is 23.8 Å². The molecule has 0 unspecified atom stereocenters. The highest BCUT2D eigenvalue weighted by Gasteiger charge is 2.35. The third-order valence-electron chi connectivity index (χ3n) is 4.51. The summed E-state index contributed by atoms with van der Waals surface area (Å²) in [7, 11) is 1.60. The van der Waals surface area contributed by atoms with E-state index >= 15 is 0 Å². The van der Waals surface area contributed by atoms with Crippen molar-refractivity contribution in [1.29, 1.82) is 0 Å². The zero-order valence-electron chi connectivity index (χ0n) is 14.0. The summed E-state index contributed by atoms with van der Waals surface area (Å²) in [5, 5.41) is 19.7. The second kappa shape index (κ2) is 6.56. The van der Waals surface area contributed by atoms with Crippen molar-refractivity contribution in [1.82, 2.24) is 9.55 Å². The van der Waals surface area contributed by atoms with Crippen molar-refractivity contribution in [2.24, 2.45) is 0 Å². The molecule has 1 fully saturated rings. The van der Waals surface area contributed by atoms with Gasteiger partial charge in [-0.25, -0.2) is 4.79 Å². The van der Waals surface area contributed by atoms with Crippen LogP contribution in [0.2, 0.25) is 0 Å². The molecule has 8 heteroatoms. The van der Waals surface area contributed by atoms with Crippen molar-refractivity contribution in [2.75, 3.05) is 13.7 Å². The van der Waals surface area contributed by atoms with E-state index in [4.69, 9.17) is 13.9 Å². The van der Waals surface area contributed by atoms with Gasteiger partial charge in [-0.15, -0.1) is 0 Å². The van der Waals surface area contributed by atoms with E-state index in [-0.39, 0.29) is 18.7 Å². The molecule has 0 spiro atoms. The lowest BCUT2D eigenvalue weighted by atomic mass is 10.1. The first-order valence-corrected chi connectivity index (χ1v) is 8.20. The minimum absolute atomic E-state index is 0.210. The summed E-state index contributed by atoms with van der Waals surface area (Å²) in [6.45, 7) is -0.310. The number of aliphatic hydroxyl groups is 2. The average Bonchev–Trinajstić information content (AvgIpc) is 3.23. The standard InChI is InChI=1S/C18H18N2O6/c1-24-12-4-2-10(3-5-12)14-6-11-8-20(18(23)19-17(11)26-14)16-7-13(22)15(9-21)25-16/h2-6,8,13,15-16,21-22H,7,9H2,1H3/t13-,15+,16+/m0/s1/i1-1. The summed E-state index contributed by atoms with van der Waals surface area (Å²) in [5.74, 6) is 1.31. The molecule has 3 heterocycles. The van der Waals surface area contributed by atoms with E-state index in [2.05, 4.69) is 4.98 Å². The van der Waals surface area contributed by atoms with Crippen LogP contribution < -0.4 is 10.4 Å². The molecule has 2 aromatic heterocycles. The van der Waals surface area contributed by atoms with Gasteiger partial charge in [0.2, 0.25) is 5.71 Å². The molecule has 26 heavy (non-hydrogen) atoms. The van der Waals surface area contributed by atoms with Gasteiger partial charge in [-0.3, -0.25) is 4.57 Å². The van der Waals surface area contributed by atoms with Gasteiger partial charge < -0.3 is 24.1 Å². The van der Waals surface area contributed by atoms with Crippen LogP contribution in [-0.2, 0) is 4.74 Å². The Labute approximate surface area is 148 Å². The molecule has 1 aliphatic rings. The lowest BCUT2D eigenvalue weighted by Crippen LogP contribution is -2.27. The lowest BCUT2D eigenvalue weighted by Gasteiger charge is -2.13. The van der Waals surface area contributed by atoms with Crippen molar-refractivity contribution >= 4 is 11.1 Å². The maximum absolute atomic E-state index is 12.3. The van der Waals surface area contributed by atoms with Gasteiger partial charge in [-0.05, 0) is 30.3 Å². The fourth-order valence-electron chi connectivity index (χ4n) is 3.08. The molecule has 3 atom stereocenters. The van der Waals surface area contributed by atoms with Gasteiger partial charge >= 0.3 is 5.69 Å². The van der Waals surface area contributed by atoms with Gasteiger partial charge in [0.15, 0.2) is 0 Å². The van der Waals surface area contributed by atoms with Crippen molar-refractivity contribution in [3.05, 3.63) is 47.0 Å². The molecule has 1 saturated heterocycles. The molecule has 8 nitrogen and oxygen atoms in total. The van der Waals surface area contributed by atoms with Gasteiger partial charge in [-0.1, -0.05) is 0 Å². The predicted octanol–water partition coefficient (Wildman–Crippen LogP) is 1.31. The van der Waals surface area contributed by atoms with E-state index in [0.717, 1.165) is 11.3 Å². The Balaban J connectivity index is 1.70. The van der Waals surface area contributed by atoms with Crippen molar-refractivity contribution in [3.8, 4) is 17.1 Å². The van der Waals surface area contributed by atoms with Gasteiger partial charge in [-0.2, -0.15) is 4.98 Å². The third kappa shape index (κ3) is 2.88. The van der Waals surface area contributed by atoms with Gasteiger partial charge in [0.25, 0.3) is 0 Å². The molecule has 1 aliphatic heterocycles. The summed E-state index contributed by atoms with van der Waals surface area (Å²) < 4.78 is 17.7. The Kier molecular flexibility index (Phi) is 4.23. The van der Waals surface area contributed by atoms with E-state index < -0.39 is 24.1 Å². The molecule has 0 radical (unpaired) electrons. The first kappa shape index (κ1) is 16.8. The summed E-state index contributed by atoms with van der Waals surface area (Å²) in [5.41, 5.74) is 0.522. The van der Waals surface area contributed by atoms with E-state index in [9.17, 15) is 15.0 Å². The zero-order valence-corrected chi connectivity index (χ0v) is 14.0. The molecule has 0 bridgehead atoms. The normalized spacial score (nSPS) is 22.8. The second-order valence-electron chi connectivity index (χ2n) is 6.15. The number of ether oxygens (including phenoxy) is 2. The van der Waals surface area contributed by atoms with E-state index in [0.29, 0.717) is 11.1 Å². The predicted molar refractivity (Wildman–Crippen MR) is 91.9 cm³/mol. The Morgan fingerprint density at radius 3 is 2.77 bits per heavy atom. The van der Waals surface area contributed by atoms with Crippen LogP contribution in [0.1, 0.15) is 12.6 Å². The molecule has 4 rings (SSSR count). The maximum atomic E-state index is 12.3. The van der Waals surface area contributed by atoms with Gasteiger partial charge in [0, 0.05) is 18.2 Å². The summed E-state index contributed by atoms with van der Waals surface area (Å²) in [4.78, 5) is 16.3. The van der Waals surface area contributed by atoms with Crippen LogP contribution in [-0.4, -0.2) is 45.7 Å². The Hall–Kier alpha value is -2.68. The number of hydrogen-bond donors (Lipinski definition) is 2. The van der Waals surface area contributed by atoms with Crippen molar-refractivity contribution in [2.45, 2.75) is 24.9 Å². The summed E-state index contributed by atoms with van der Waals surface area (Å²) in [6, 6.07) is 9.13. The number of rotatable bonds is 4. The second-order valence-corrected chi connectivity index (χ2v) is 6.15. The molecule has 3 aromatic rings. The highest BCUT2D eigenvalue weighted by molar-refractivity contribution is 5.79. The SMILES string of the molecule is [11CH3]Oc1ccc(-c2cc3cn([C@H]4C[C@H](O)[C@@H](CO)O4)c(=O)nc3o2)cc1. The third-order valence-corrected chi connectivity index (χ3v) is 4.51. The smallest absolute Gasteiger partial charge is 0.353 e. The number of aromatic nitrogens is 2. The summed E-state index contributed by atoms with van der Waals surface area (Å²) in [6.07, 6.45) is -0.403. The van der Waals surface area contributed by atoms with E-state index in [1.807, 2.05) is 24.3 Å². The van der Waals surface area contributed by atoms with E-state index in [1.165, 1.54) is 4.57 Å². The van der Waals surface area contributed by atoms with Gasteiger partial charge in [0.05, 0.1) is 25.2 Å². The Morgan fingerprint density at radius 2 is 2.12 bits per heavy atom. The highest BCUT2D eigenvalue weighted by Crippen LogP contribution is 2.30. The van der Waals surface area contributed by atoms with Crippen LogP contribution in [0.5, 0.6) is 5.75 Å². The highest BCUT2D eigenvalue weighted by atomic mass is 16.5. The lowest BCUT2D eigenvalue weighted by molar-refractivity contribution is -0.0457. The van der Waals surface area contributed by atoms with Crippen molar-refractivity contribution < 1.29 is 24.1 Å². The topological polar surface area (TPSA) is 107 Å². The molecule has 136 valence electrons. The Morgan fingerprint density at radius 1 is 1.35 bits per heavy atom. The molecule has 0 amide bonds. The fourth-order valence-corrected chi connectivity index (χ4v) is 3.08. The quantitative estimate of drug-likeness (QED) is 0.725. The monoisotopic (exact) mass is 357 g/mol. The maximum Gasteiger partial charge on any atom is 0.353 e. The number of methoxy groups -OCH3 is 1. The molecular formula is C18H18N2O6. The minimum Gasteiger partial charge on any atom is -0.497 e. The number of fused-ring (bicyclic) bond motifs is 1.